The second-order valence-corrected chi connectivity index (χ2v) is 6.52. The van der Waals surface area contributed by atoms with Crippen LogP contribution in [0.1, 0.15) is 44.0 Å². The van der Waals surface area contributed by atoms with E-state index in [4.69, 9.17) is 9.47 Å². The van der Waals surface area contributed by atoms with Crippen LogP contribution in [-0.2, 0) is 9.47 Å². The van der Waals surface area contributed by atoms with Crippen molar-refractivity contribution < 1.29 is 19.1 Å². The molecule has 1 aromatic carbocycles. The van der Waals surface area contributed by atoms with Gasteiger partial charge in [-0.25, -0.2) is 9.59 Å². The van der Waals surface area contributed by atoms with Crippen molar-refractivity contribution in [2.75, 3.05) is 0 Å². The normalized spacial score (nSPS) is 20.7. The summed E-state index contributed by atoms with van der Waals surface area (Å²) >= 11 is 0. The lowest BCUT2D eigenvalue weighted by atomic mass is 10.0. The quantitative estimate of drug-likeness (QED) is 0.685. The molecule has 1 N–H and O–H groups in total. The van der Waals surface area contributed by atoms with E-state index in [-0.39, 0.29) is 18.1 Å². The van der Waals surface area contributed by atoms with Gasteiger partial charge in [-0.05, 0) is 51.8 Å². The van der Waals surface area contributed by atoms with Crippen LogP contribution in [0.2, 0.25) is 0 Å². The second-order valence-electron chi connectivity index (χ2n) is 6.52. The van der Waals surface area contributed by atoms with Crippen molar-refractivity contribution >= 4 is 12.1 Å². The number of carbonyl (C=O) groups excluding carboxylic acids is 2. The van der Waals surface area contributed by atoms with E-state index >= 15 is 0 Å². The number of carbonyl (C=O) groups is 2. The number of benzene rings is 1. The SMILES string of the molecule is CC(C)(C)OC(=O)N[C@H]1C=C[C@@H](OC(=O)c2ccccc2)CC1. The van der Waals surface area contributed by atoms with Crippen molar-refractivity contribution in [1.82, 2.24) is 5.32 Å². The van der Waals surface area contributed by atoms with E-state index in [1.165, 1.54) is 0 Å². The van der Waals surface area contributed by atoms with Crippen LogP contribution in [0, 0.1) is 0 Å². The molecule has 5 heteroatoms. The Hall–Kier alpha value is -2.30. The first kappa shape index (κ1) is 17.1. The zero-order chi connectivity index (χ0) is 16.9. The number of alkyl carbamates (subject to hydrolysis) is 1. The maximum atomic E-state index is 12.0. The minimum atomic E-state index is -0.518. The lowest BCUT2D eigenvalue weighted by Crippen LogP contribution is -2.40. The van der Waals surface area contributed by atoms with E-state index in [1.807, 2.05) is 39.0 Å². The Labute approximate surface area is 136 Å². The van der Waals surface area contributed by atoms with E-state index in [0.29, 0.717) is 18.4 Å². The number of ether oxygens (including phenoxy) is 2. The average molecular weight is 317 g/mol. The summed E-state index contributed by atoms with van der Waals surface area (Å²) in [6, 6.07) is 8.80. The fourth-order valence-electron chi connectivity index (χ4n) is 2.25. The summed E-state index contributed by atoms with van der Waals surface area (Å²) in [5.41, 5.74) is 0.0193. The fraction of sp³-hybridized carbons (Fsp3) is 0.444. The van der Waals surface area contributed by atoms with Gasteiger partial charge in [-0.1, -0.05) is 24.3 Å². The average Bonchev–Trinajstić information content (AvgIpc) is 2.48. The summed E-state index contributed by atoms with van der Waals surface area (Å²) in [5, 5.41) is 2.79. The first-order valence-corrected chi connectivity index (χ1v) is 7.77. The van der Waals surface area contributed by atoms with Gasteiger partial charge in [0.1, 0.15) is 11.7 Å². The molecule has 1 amide bonds. The van der Waals surface area contributed by atoms with E-state index in [9.17, 15) is 9.59 Å². The van der Waals surface area contributed by atoms with Crippen LogP contribution in [-0.4, -0.2) is 29.8 Å². The predicted octanol–water partition coefficient (Wildman–Crippen LogP) is 3.46. The molecule has 1 aliphatic carbocycles. The standard InChI is InChI=1S/C18H23NO4/c1-18(2,3)23-17(21)19-14-9-11-15(12-10-14)22-16(20)13-7-5-4-6-8-13/h4-9,11,14-15H,10,12H2,1-3H3,(H,19,21)/t14-,15+/m0/s1. The molecule has 5 nitrogen and oxygen atoms in total. The van der Waals surface area contributed by atoms with E-state index < -0.39 is 11.7 Å². The molecule has 23 heavy (non-hydrogen) atoms. The van der Waals surface area contributed by atoms with Gasteiger partial charge in [0.2, 0.25) is 0 Å². The second kappa shape index (κ2) is 7.31. The number of rotatable bonds is 3. The Balaban J connectivity index is 1.82. The largest absolute Gasteiger partial charge is 0.455 e. The van der Waals surface area contributed by atoms with Crippen molar-refractivity contribution in [2.45, 2.75) is 51.4 Å². The summed E-state index contributed by atoms with van der Waals surface area (Å²) < 4.78 is 10.7. The van der Waals surface area contributed by atoms with E-state index in [2.05, 4.69) is 5.32 Å². The summed E-state index contributed by atoms with van der Waals surface area (Å²) in [7, 11) is 0. The van der Waals surface area contributed by atoms with E-state index in [1.54, 1.807) is 24.3 Å². The monoisotopic (exact) mass is 317 g/mol. The van der Waals surface area contributed by atoms with Crippen LogP contribution in [0.4, 0.5) is 4.79 Å². The highest BCUT2D eigenvalue weighted by molar-refractivity contribution is 5.89. The molecule has 0 fully saturated rings. The maximum Gasteiger partial charge on any atom is 0.408 e. The van der Waals surface area contributed by atoms with Gasteiger partial charge in [0.25, 0.3) is 0 Å². The third-order valence-electron chi connectivity index (χ3n) is 3.29. The third-order valence-corrected chi connectivity index (χ3v) is 3.29. The summed E-state index contributed by atoms with van der Waals surface area (Å²) in [6.45, 7) is 5.47. The molecule has 2 atom stereocenters. The van der Waals surface area contributed by atoms with Crippen LogP contribution in [0.5, 0.6) is 0 Å². The van der Waals surface area contributed by atoms with E-state index in [0.717, 1.165) is 0 Å². The van der Waals surface area contributed by atoms with Crippen LogP contribution in [0.15, 0.2) is 42.5 Å². The molecule has 0 saturated heterocycles. The molecule has 0 spiro atoms. The van der Waals surface area contributed by atoms with Crippen LogP contribution in [0.3, 0.4) is 0 Å². The smallest absolute Gasteiger partial charge is 0.408 e. The molecule has 1 aromatic rings. The van der Waals surface area contributed by atoms with Crippen molar-refractivity contribution in [3.8, 4) is 0 Å². The Morgan fingerprint density at radius 2 is 1.78 bits per heavy atom. The molecular formula is C18H23NO4. The van der Waals surface area contributed by atoms with Gasteiger partial charge in [0, 0.05) is 0 Å². The van der Waals surface area contributed by atoms with Gasteiger partial charge in [-0.3, -0.25) is 0 Å². The van der Waals surface area contributed by atoms with Gasteiger partial charge in [-0.2, -0.15) is 0 Å². The first-order valence-electron chi connectivity index (χ1n) is 7.77. The zero-order valence-electron chi connectivity index (χ0n) is 13.7. The predicted molar refractivity (Wildman–Crippen MR) is 87.2 cm³/mol. The molecule has 1 aliphatic rings. The molecule has 0 unspecified atom stereocenters. The molecule has 0 aromatic heterocycles. The summed E-state index contributed by atoms with van der Waals surface area (Å²) in [6.07, 6.45) is 4.31. The highest BCUT2D eigenvalue weighted by atomic mass is 16.6. The molecule has 0 heterocycles. The van der Waals surface area contributed by atoms with Gasteiger partial charge in [0.05, 0.1) is 11.6 Å². The number of nitrogens with one attached hydrogen (secondary N) is 1. The van der Waals surface area contributed by atoms with Crippen molar-refractivity contribution in [1.29, 1.82) is 0 Å². The van der Waals surface area contributed by atoms with Crippen molar-refractivity contribution in [3.63, 3.8) is 0 Å². The molecule has 0 radical (unpaired) electrons. The van der Waals surface area contributed by atoms with Gasteiger partial charge in [0.15, 0.2) is 0 Å². The van der Waals surface area contributed by atoms with Crippen LogP contribution in [0.25, 0.3) is 0 Å². The molecular weight excluding hydrogens is 294 g/mol. The molecule has 2 rings (SSSR count). The molecule has 0 bridgehead atoms. The lowest BCUT2D eigenvalue weighted by Gasteiger charge is -2.25. The first-order chi connectivity index (χ1) is 10.8. The third kappa shape index (κ3) is 5.77. The van der Waals surface area contributed by atoms with Gasteiger partial charge in [-0.15, -0.1) is 0 Å². The highest BCUT2D eigenvalue weighted by Crippen LogP contribution is 2.17. The number of hydrogen-bond donors (Lipinski definition) is 1. The molecule has 0 saturated carbocycles. The van der Waals surface area contributed by atoms with Crippen molar-refractivity contribution in [2.24, 2.45) is 0 Å². The topological polar surface area (TPSA) is 64.6 Å². The lowest BCUT2D eigenvalue weighted by molar-refractivity contribution is 0.0348. The highest BCUT2D eigenvalue weighted by Gasteiger charge is 2.23. The Morgan fingerprint density at radius 1 is 1.09 bits per heavy atom. The summed E-state index contributed by atoms with van der Waals surface area (Å²) in [4.78, 5) is 23.7. The maximum absolute atomic E-state index is 12.0. The zero-order valence-corrected chi connectivity index (χ0v) is 13.7. The summed E-state index contributed by atoms with van der Waals surface area (Å²) in [5.74, 6) is -0.334. The number of esters is 1. The minimum absolute atomic E-state index is 0.100. The molecule has 0 aliphatic heterocycles. The van der Waals surface area contributed by atoms with Gasteiger partial charge < -0.3 is 14.8 Å². The molecule has 124 valence electrons. The Bertz CT molecular complexity index is 574. The number of hydrogen-bond acceptors (Lipinski definition) is 4. The number of amides is 1. The minimum Gasteiger partial charge on any atom is -0.455 e. The van der Waals surface area contributed by atoms with Crippen LogP contribution < -0.4 is 5.32 Å². The fourth-order valence-corrected chi connectivity index (χ4v) is 2.25. The van der Waals surface area contributed by atoms with Gasteiger partial charge >= 0.3 is 12.1 Å². The van der Waals surface area contributed by atoms with Crippen LogP contribution >= 0.6 is 0 Å². The Kier molecular flexibility index (Phi) is 5.42. The Morgan fingerprint density at radius 3 is 2.35 bits per heavy atom. The van der Waals surface area contributed by atoms with Crippen molar-refractivity contribution in [3.05, 3.63) is 48.0 Å².